The second-order valence-corrected chi connectivity index (χ2v) is 5.64. The molecule has 0 bridgehead atoms. The predicted molar refractivity (Wildman–Crippen MR) is 101 cm³/mol. The first-order chi connectivity index (χ1) is 13.2. The van der Waals surface area contributed by atoms with Gasteiger partial charge in [0.25, 0.3) is 0 Å². The fourth-order valence-corrected chi connectivity index (χ4v) is 2.46. The summed E-state index contributed by atoms with van der Waals surface area (Å²) in [6.07, 6.45) is 0. The molecule has 0 heterocycles. The summed E-state index contributed by atoms with van der Waals surface area (Å²) in [6, 6.07) is 23.5. The van der Waals surface area contributed by atoms with E-state index >= 15 is 0 Å². The zero-order valence-corrected chi connectivity index (χ0v) is 14.6. The van der Waals surface area contributed by atoms with E-state index in [-0.39, 0.29) is 24.7 Å². The fourth-order valence-electron chi connectivity index (χ4n) is 2.46. The Kier molecular flexibility index (Phi) is 6.25. The summed E-state index contributed by atoms with van der Waals surface area (Å²) in [6.45, 7) is 0.851. The van der Waals surface area contributed by atoms with Crippen molar-refractivity contribution in [3.05, 3.63) is 94.5 Å². The Morgan fingerprint density at radius 2 is 1.19 bits per heavy atom. The zero-order chi connectivity index (χ0) is 18.9. The minimum atomic E-state index is -0.469. The number of para-hydroxylation sites is 4. The molecule has 0 amide bonds. The van der Waals surface area contributed by atoms with E-state index in [4.69, 9.17) is 14.2 Å². The van der Waals surface area contributed by atoms with Crippen LogP contribution in [0.25, 0.3) is 0 Å². The Balaban J connectivity index is 1.54. The molecule has 0 unspecified atom stereocenters. The smallest absolute Gasteiger partial charge is 0.310 e. The molecule has 0 saturated heterocycles. The molecule has 6 heteroatoms. The Bertz CT molecular complexity index is 883. The van der Waals surface area contributed by atoms with Crippen LogP contribution in [0.4, 0.5) is 5.69 Å². The second kappa shape index (κ2) is 9.24. The van der Waals surface area contributed by atoms with Crippen LogP contribution in [0.15, 0.2) is 78.9 Å². The van der Waals surface area contributed by atoms with Crippen molar-refractivity contribution in [1.82, 2.24) is 0 Å². The number of nitro benzene ring substituents is 1. The Labute approximate surface area is 157 Å². The lowest BCUT2D eigenvalue weighted by atomic mass is 10.2. The van der Waals surface area contributed by atoms with Crippen LogP contribution in [-0.2, 0) is 6.61 Å². The molecule has 0 aliphatic carbocycles. The Hall–Kier alpha value is -3.54. The molecule has 0 N–H and O–H groups in total. The summed E-state index contributed by atoms with van der Waals surface area (Å²) >= 11 is 0. The van der Waals surface area contributed by atoms with Gasteiger partial charge in [-0.15, -0.1) is 0 Å². The lowest BCUT2D eigenvalue weighted by Gasteiger charge is -2.13. The monoisotopic (exact) mass is 365 g/mol. The van der Waals surface area contributed by atoms with Gasteiger partial charge in [0.15, 0.2) is 17.2 Å². The van der Waals surface area contributed by atoms with Crippen molar-refractivity contribution in [3.63, 3.8) is 0 Å². The molecule has 0 atom stereocenters. The van der Waals surface area contributed by atoms with Crippen molar-refractivity contribution in [3.8, 4) is 17.2 Å². The van der Waals surface area contributed by atoms with E-state index in [1.807, 2.05) is 54.6 Å². The van der Waals surface area contributed by atoms with Gasteiger partial charge in [0.2, 0.25) is 0 Å². The topological polar surface area (TPSA) is 70.8 Å². The molecule has 138 valence electrons. The molecule has 0 saturated carbocycles. The molecule has 0 aromatic heterocycles. The zero-order valence-electron chi connectivity index (χ0n) is 14.6. The molecule has 27 heavy (non-hydrogen) atoms. The summed E-state index contributed by atoms with van der Waals surface area (Å²) in [5.41, 5.74) is 0.996. The predicted octanol–water partition coefficient (Wildman–Crippen LogP) is 4.63. The van der Waals surface area contributed by atoms with Gasteiger partial charge in [-0.3, -0.25) is 10.1 Å². The van der Waals surface area contributed by atoms with Crippen LogP contribution in [-0.4, -0.2) is 18.1 Å². The molecular weight excluding hydrogens is 346 g/mol. The summed E-state index contributed by atoms with van der Waals surface area (Å²) < 4.78 is 17.0. The molecule has 3 rings (SSSR count). The molecule has 3 aromatic carbocycles. The van der Waals surface area contributed by atoms with Gasteiger partial charge < -0.3 is 14.2 Å². The average molecular weight is 365 g/mol. The van der Waals surface area contributed by atoms with Gasteiger partial charge in [0.05, 0.1) is 4.92 Å². The van der Waals surface area contributed by atoms with Gasteiger partial charge in [0, 0.05) is 6.07 Å². The van der Waals surface area contributed by atoms with Crippen LogP contribution in [0.5, 0.6) is 17.2 Å². The third kappa shape index (κ3) is 5.22. The van der Waals surface area contributed by atoms with Crippen LogP contribution in [0, 0.1) is 10.1 Å². The molecule has 6 nitrogen and oxygen atoms in total. The molecule has 3 aromatic rings. The number of hydrogen-bond acceptors (Lipinski definition) is 5. The second-order valence-electron chi connectivity index (χ2n) is 5.64. The molecule has 0 aliphatic rings. The van der Waals surface area contributed by atoms with Crippen molar-refractivity contribution in [2.45, 2.75) is 6.61 Å². The number of rotatable bonds is 9. The third-order valence-corrected chi connectivity index (χ3v) is 3.75. The van der Waals surface area contributed by atoms with Gasteiger partial charge >= 0.3 is 5.69 Å². The first-order valence-corrected chi connectivity index (χ1v) is 8.49. The molecule has 0 fully saturated rings. The maximum absolute atomic E-state index is 11.0. The van der Waals surface area contributed by atoms with E-state index in [9.17, 15) is 10.1 Å². The van der Waals surface area contributed by atoms with E-state index in [2.05, 4.69) is 0 Å². The van der Waals surface area contributed by atoms with E-state index in [1.54, 1.807) is 18.2 Å². The van der Waals surface area contributed by atoms with Crippen LogP contribution in [0.1, 0.15) is 5.56 Å². The van der Waals surface area contributed by atoms with Crippen molar-refractivity contribution in [2.24, 2.45) is 0 Å². The minimum Gasteiger partial charge on any atom is -0.486 e. The van der Waals surface area contributed by atoms with Crippen molar-refractivity contribution < 1.29 is 19.1 Å². The SMILES string of the molecule is O=[N+]([O-])c1ccccc1OCCOc1ccccc1OCc1ccccc1. The standard InChI is InChI=1S/C21H19NO5/c23-22(24)18-10-4-5-11-19(18)25-14-15-26-20-12-6-7-13-21(20)27-16-17-8-2-1-3-9-17/h1-13H,14-16H2. The first kappa shape index (κ1) is 18.3. The highest BCUT2D eigenvalue weighted by molar-refractivity contribution is 5.45. The highest BCUT2D eigenvalue weighted by atomic mass is 16.6. The lowest BCUT2D eigenvalue weighted by Crippen LogP contribution is -2.10. The Morgan fingerprint density at radius 3 is 1.85 bits per heavy atom. The highest BCUT2D eigenvalue weighted by Gasteiger charge is 2.13. The number of benzene rings is 3. The largest absolute Gasteiger partial charge is 0.486 e. The van der Waals surface area contributed by atoms with Gasteiger partial charge in [-0.1, -0.05) is 54.6 Å². The third-order valence-electron chi connectivity index (χ3n) is 3.75. The van der Waals surface area contributed by atoms with Crippen molar-refractivity contribution >= 4 is 5.69 Å². The lowest BCUT2D eigenvalue weighted by molar-refractivity contribution is -0.385. The maximum atomic E-state index is 11.0. The molecular formula is C21H19NO5. The van der Waals surface area contributed by atoms with Crippen LogP contribution >= 0.6 is 0 Å². The van der Waals surface area contributed by atoms with Gasteiger partial charge in [0.1, 0.15) is 19.8 Å². The van der Waals surface area contributed by atoms with E-state index in [0.717, 1.165) is 5.56 Å². The normalized spacial score (nSPS) is 10.2. The molecule has 0 spiro atoms. The summed E-state index contributed by atoms with van der Waals surface area (Å²) in [5, 5.41) is 11.0. The summed E-state index contributed by atoms with van der Waals surface area (Å²) in [4.78, 5) is 10.5. The summed E-state index contributed by atoms with van der Waals surface area (Å²) in [5.74, 6) is 1.45. The van der Waals surface area contributed by atoms with Gasteiger partial charge in [-0.25, -0.2) is 0 Å². The Morgan fingerprint density at radius 1 is 0.667 bits per heavy atom. The van der Waals surface area contributed by atoms with Crippen molar-refractivity contribution in [1.29, 1.82) is 0 Å². The number of hydrogen-bond donors (Lipinski definition) is 0. The van der Waals surface area contributed by atoms with E-state index in [1.165, 1.54) is 6.07 Å². The van der Waals surface area contributed by atoms with Crippen molar-refractivity contribution in [2.75, 3.05) is 13.2 Å². The van der Waals surface area contributed by atoms with Gasteiger partial charge in [-0.2, -0.15) is 0 Å². The van der Waals surface area contributed by atoms with Gasteiger partial charge in [-0.05, 0) is 23.8 Å². The highest BCUT2D eigenvalue weighted by Crippen LogP contribution is 2.28. The quantitative estimate of drug-likeness (QED) is 0.314. The molecule has 0 radical (unpaired) electrons. The van der Waals surface area contributed by atoms with E-state index < -0.39 is 4.92 Å². The summed E-state index contributed by atoms with van der Waals surface area (Å²) in [7, 11) is 0. The minimum absolute atomic E-state index is 0.0657. The number of ether oxygens (including phenoxy) is 3. The first-order valence-electron chi connectivity index (χ1n) is 8.49. The van der Waals surface area contributed by atoms with E-state index in [0.29, 0.717) is 18.1 Å². The molecule has 0 aliphatic heterocycles. The average Bonchev–Trinajstić information content (AvgIpc) is 2.71. The number of nitrogens with zero attached hydrogens (tertiary/aromatic N) is 1. The van der Waals surface area contributed by atoms with Crippen LogP contribution in [0.2, 0.25) is 0 Å². The van der Waals surface area contributed by atoms with Crippen LogP contribution in [0.3, 0.4) is 0 Å². The van der Waals surface area contributed by atoms with Crippen LogP contribution < -0.4 is 14.2 Å². The maximum Gasteiger partial charge on any atom is 0.310 e. The fraction of sp³-hybridized carbons (Fsp3) is 0.143. The number of nitro groups is 1.